The van der Waals surface area contributed by atoms with E-state index in [9.17, 15) is 9.90 Å². The third-order valence-electron chi connectivity index (χ3n) is 4.38. The van der Waals surface area contributed by atoms with Gasteiger partial charge in [-0.25, -0.2) is 9.97 Å². The Morgan fingerprint density at radius 1 is 1.23 bits per heavy atom. The van der Waals surface area contributed by atoms with Gasteiger partial charge in [-0.15, -0.1) is 0 Å². The normalized spacial score (nSPS) is 12.4. The lowest BCUT2D eigenvalue weighted by atomic mass is 10.0. The Kier molecular flexibility index (Phi) is 5.88. The smallest absolute Gasteiger partial charge is 0.259 e. The fraction of sp³-hybridized carbons (Fsp3) is 0.300. The second-order valence-electron chi connectivity index (χ2n) is 7.64. The molecule has 30 heavy (non-hydrogen) atoms. The van der Waals surface area contributed by atoms with Crippen molar-refractivity contribution >= 4 is 17.7 Å². The average molecular weight is 408 g/mol. The zero-order valence-electron chi connectivity index (χ0n) is 17.0. The highest BCUT2D eigenvalue weighted by Gasteiger charge is 2.19. The third-order valence-corrected chi connectivity index (χ3v) is 4.38. The molecule has 0 spiro atoms. The van der Waals surface area contributed by atoms with E-state index in [0.29, 0.717) is 11.3 Å². The molecule has 0 unspecified atom stereocenters. The molecule has 10 heteroatoms. The van der Waals surface area contributed by atoms with E-state index in [1.165, 1.54) is 17.1 Å². The van der Waals surface area contributed by atoms with Crippen LogP contribution in [0.1, 0.15) is 42.6 Å². The van der Waals surface area contributed by atoms with E-state index in [4.69, 9.17) is 11.1 Å². The number of pyridine rings is 1. The summed E-state index contributed by atoms with van der Waals surface area (Å²) >= 11 is 0. The second-order valence-corrected chi connectivity index (χ2v) is 7.64. The number of hydrogen-bond donors (Lipinski definition) is 4. The van der Waals surface area contributed by atoms with E-state index in [1.807, 2.05) is 13.0 Å². The molecule has 3 heterocycles. The van der Waals surface area contributed by atoms with Crippen molar-refractivity contribution in [3.63, 3.8) is 0 Å². The van der Waals surface area contributed by atoms with Crippen molar-refractivity contribution in [2.45, 2.75) is 38.8 Å². The van der Waals surface area contributed by atoms with Crippen LogP contribution in [-0.2, 0) is 6.54 Å². The van der Waals surface area contributed by atoms with Crippen LogP contribution in [0.4, 0.5) is 5.95 Å². The maximum absolute atomic E-state index is 12.4. The maximum Gasteiger partial charge on any atom is 0.259 e. The molecule has 0 radical (unpaired) electrons. The third kappa shape index (κ3) is 5.23. The molecule has 156 valence electrons. The van der Waals surface area contributed by atoms with Crippen molar-refractivity contribution in [1.82, 2.24) is 30.0 Å². The fourth-order valence-corrected chi connectivity index (χ4v) is 2.74. The number of nitrogens with zero attached hydrogens (tertiary/aromatic N) is 5. The predicted octanol–water partition coefficient (Wildman–Crippen LogP) is 1.60. The van der Waals surface area contributed by atoms with Crippen LogP contribution in [0.15, 0.2) is 43.1 Å². The summed E-state index contributed by atoms with van der Waals surface area (Å²) in [5.41, 5.74) is 7.05. The molecule has 0 aliphatic carbocycles. The summed E-state index contributed by atoms with van der Waals surface area (Å²) in [5, 5.41) is 24.8. The molecule has 3 aromatic heterocycles. The van der Waals surface area contributed by atoms with Gasteiger partial charge in [0, 0.05) is 36.3 Å². The summed E-state index contributed by atoms with van der Waals surface area (Å²) in [7, 11) is 0. The topological polar surface area (TPSA) is 156 Å². The summed E-state index contributed by atoms with van der Waals surface area (Å²) in [4.78, 5) is 24.7. The number of aliphatic hydroxyl groups is 1. The maximum atomic E-state index is 12.4. The van der Waals surface area contributed by atoms with E-state index in [2.05, 4.69) is 25.4 Å². The first kappa shape index (κ1) is 21.1. The van der Waals surface area contributed by atoms with E-state index >= 15 is 0 Å². The van der Waals surface area contributed by atoms with Gasteiger partial charge in [0.15, 0.2) is 0 Å². The van der Waals surface area contributed by atoms with Crippen LogP contribution < -0.4 is 11.1 Å². The molecular weight excluding hydrogens is 384 g/mol. The highest BCUT2D eigenvalue weighted by molar-refractivity contribution is 6.07. The Labute approximate surface area is 173 Å². The number of nitrogens with one attached hydrogen (secondary N) is 2. The molecular formula is C20H24N8O2. The molecule has 1 amide bonds. The van der Waals surface area contributed by atoms with Gasteiger partial charge in [0.05, 0.1) is 29.6 Å². The largest absolute Gasteiger partial charge is 0.389 e. The van der Waals surface area contributed by atoms with E-state index in [1.54, 1.807) is 38.5 Å². The van der Waals surface area contributed by atoms with Crippen molar-refractivity contribution in [3.8, 4) is 11.3 Å². The first-order valence-electron chi connectivity index (χ1n) is 9.31. The van der Waals surface area contributed by atoms with Crippen LogP contribution in [0.5, 0.6) is 0 Å². The number of nitrogen functional groups attached to an aromatic ring is 1. The molecule has 0 fully saturated rings. The Balaban J connectivity index is 1.64. The molecule has 5 N–H and O–H groups in total. The van der Waals surface area contributed by atoms with Gasteiger partial charge in [-0.3, -0.25) is 19.9 Å². The van der Waals surface area contributed by atoms with Gasteiger partial charge in [0.1, 0.15) is 5.84 Å². The zero-order valence-corrected chi connectivity index (χ0v) is 17.0. The Morgan fingerprint density at radius 3 is 2.53 bits per heavy atom. The standard InChI is InChI=1S/C20H24N8O2/c1-12(13-4-5-16(23-6-13)14-7-24-19(22)25-8-14)17(21)27-18(29)15-9-26-28(10-15)11-20(2,3)30/h4-10,12,30H,11H2,1-3H3,(H2,21,27,29)(H2,22,24,25)/t12-/m1/s1. The fourth-order valence-electron chi connectivity index (χ4n) is 2.74. The molecule has 0 bridgehead atoms. The number of hydrogen-bond acceptors (Lipinski definition) is 8. The zero-order chi connectivity index (χ0) is 21.9. The number of carbonyl (C=O) groups excluding carboxylic acids is 1. The van der Waals surface area contributed by atoms with Gasteiger partial charge in [-0.1, -0.05) is 13.0 Å². The summed E-state index contributed by atoms with van der Waals surface area (Å²) in [5.74, 6) is -0.568. The van der Waals surface area contributed by atoms with Gasteiger partial charge in [-0.2, -0.15) is 5.10 Å². The summed E-state index contributed by atoms with van der Waals surface area (Å²) in [6.07, 6.45) is 7.78. The SMILES string of the molecule is C[C@@H](C(=N)NC(=O)c1cnn(CC(C)(C)O)c1)c1ccc(-c2cnc(N)nc2)nc1. The lowest BCUT2D eigenvalue weighted by Crippen LogP contribution is -2.33. The van der Waals surface area contributed by atoms with Crippen LogP contribution >= 0.6 is 0 Å². The molecule has 0 aromatic carbocycles. The number of nitrogens with two attached hydrogens (primary N) is 1. The molecule has 0 saturated carbocycles. The molecule has 10 nitrogen and oxygen atoms in total. The van der Waals surface area contributed by atoms with Crippen molar-refractivity contribution in [2.75, 3.05) is 5.73 Å². The molecule has 0 aliphatic rings. The number of carbonyl (C=O) groups is 1. The van der Waals surface area contributed by atoms with Crippen molar-refractivity contribution in [2.24, 2.45) is 0 Å². The van der Waals surface area contributed by atoms with Crippen LogP contribution in [0, 0.1) is 5.41 Å². The first-order valence-corrected chi connectivity index (χ1v) is 9.31. The van der Waals surface area contributed by atoms with Crippen LogP contribution in [0.3, 0.4) is 0 Å². The number of anilines is 1. The Morgan fingerprint density at radius 2 is 1.93 bits per heavy atom. The second kappa shape index (κ2) is 8.37. The quantitative estimate of drug-likeness (QED) is 0.356. The summed E-state index contributed by atoms with van der Waals surface area (Å²) in [6.45, 7) is 5.38. The minimum atomic E-state index is -0.946. The van der Waals surface area contributed by atoms with Crippen LogP contribution in [0.2, 0.25) is 0 Å². The predicted molar refractivity (Wildman–Crippen MR) is 112 cm³/mol. The van der Waals surface area contributed by atoms with Crippen molar-refractivity contribution < 1.29 is 9.90 Å². The summed E-state index contributed by atoms with van der Waals surface area (Å²) in [6, 6.07) is 3.64. The van der Waals surface area contributed by atoms with Gasteiger partial charge >= 0.3 is 0 Å². The van der Waals surface area contributed by atoms with Crippen molar-refractivity contribution in [1.29, 1.82) is 5.41 Å². The van der Waals surface area contributed by atoms with E-state index in [0.717, 1.165) is 11.1 Å². The molecule has 3 aromatic rings. The lowest BCUT2D eigenvalue weighted by Gasteiger charge is -2.16. The highest BCUT2D eigenvalue weighted by atomic mass is 16.3. The van der Waals surface area contributed by atoms with Crippen molar-refractivity contribution in [3.05, 3.63) is 54.2 Å². The molecule has 3 rings (SSSR count). The van der Waals surface area contributed by atoms with Gasteiger partial charge in [0.2, 0.25) is 5.95 Å². The number of rotatable bonds is 6. The molecule has 0 aliphatic heterocycles. The van der Waals surface area contributed by atoms with Crippen LogP contribution in [0.25, 0.3) is 11.3 Å². The number of amidine groups is 1. The van der Waals surface area contributed by atoms with E-state index in [-0.39, 0.29) is 24.2 Å². The minimum absolute atomic E-state index is 0.0422. The molecule has 0 saturated heterocycles. The van der Waals surface area contributed by atoms with Crippen LogP contribution in [-0.4, -0.2) is 47.2 Å². The first-order chi connectivity index (χ1) is 14.1. The van der Waals surface area contributed by atoms with E-state index < -0.39 is 11.5 Å². The highest BCUT2D eigenvalue weighted by Crippen LogP contribution is 2.20. The molecule has 1 atom stereocenters. The Bertz CT molecular complexity index is 1040. The number of aromatic nitrogens is 5. The van der Waals surface area contributed by atoms with Gasteiger partial charge in [-0.05, 0) is 25.5 Å². The monoisotopic (exact) mass is 408 g/mol. The van der Waals surface area contributed by atoms with Gasteiger partial charge < -0.3 is 16.2 Å². The lowest BCUT2D eigenvalue weighted by molar-refractivity contribution is 0.0576. The average Bonchev–Trinajstić information content (AvgIpc) is 3.15. The Hall–Kier alpha value is -3.66. The minimum Gasteiger partial charge on any atom is -0.389 e. The summed E-state index contributed by atoms with van der Waals surface area (Å²) < 4.78 is 1.49. The number of amides is 1. The van der Waals surface area contributed by atoms with Gasteiger partial charge in [0.25, 0.3) is 5.91 Å².